The van der Waals surface area contributed by atoms with Crippen LogP contribution in [0.3, 0.4) is 0 Å². The zero-order valence-electron chi connectivity index (χ0n) is 7.08. The first kappa shape index (κ1) is 9.51. The van der Waals surface area contributed by atoms with Gasteiger partial charge in [0, 0.05) is 6.07 Å². The Kier molecular flexibility index (Phi) is 2.84. The van der Waals surface area contributed by atoms with Gasteiger partial charge in [0.2, 0.25) is 0 Å². The van der Waals surface area contributed by atoms with Gasteiger partial charge >= 0.3 is 5.97 Å². The Morgan fingerprint density at radius 1 is 1.62 bits per heavy atom. The SMILES string of the molecule is COc1ccc(CC(=O)O)c(F)c1. The molecule has 0 unspecified atom stereocenters. The van der Waals surface area contributed by atoms with E-state index in [1.54, 1.807) is 0 Å². The normalized spacial score (nSPS) is 9.69. The molecule has 1 aromatic rings. The third-order valence-electron chi connectivity index (χ3n) is 1.60. The van der Waals surface area contributed by atoms with Crippen LogP contribution in [-0.4, -0.2) is 18.2 Å². The summed E-state index contributed by atoms with van der Waals surface area (Å²) in [5.74, 6) is -1.22. The highest BCUT2D eigenvalue weighted by Gasteiger charge is 2.07. The zero-order chi connectivity index (χ0) is 9.84. The molecule has 0 saturated heterocycles. The average molecular weight is 184 g/mol. The minimum absolute atomic E-state index is 0.160. The molecule has 0 aliphatic heterocycles. The number of hydrogen-bond donors (Lipinski definition) is 1. The first-order chi connectivity index (χ1) is 6.13. The number of carboxylic acids is 1. The molecule has 0 fully saturated rings. The second-order valence-corrected chi connectivity index (χ2v) is 2.53. The number of aliphatic carboxylic acids is 1. The molecule has 0 spiro atoms. The van der Waals surface area contributed by atoms with Crippen LogP contribution in [-0.2, 0) is 11.2 Å². The van der Waals surface area contributed by atoms with E-state index in [9.17, 15) is 9.18 Å². The number of benzene rings is 1. The molecular weight excluding hydrogens is 175 g/mol. The molecule has 0 saturated carbocycles. The molecule has 1 aromatic carbocycles. The summed E-state index contributed by atoms with van der Waals surface area (Å²) in [5, 5.41) is 8.42. The molecule has 0 amide bonds. The van der Waals surface area contributed by atoms with E-state index >= 15 is 0 Å². The highest BCUT2D eigenvalue weighted by Crippen LogP contribution is 2.16. The zero-order valence-corrected chi connectivity index (χ0v) is 7.08. The number of rotatable bonds is 3. The van der Waals surface area contributed by atoms with E-state index in [4.69, 9.17) is 9.84 Å². The maximum atomic E-state index is 13.1. The van der Waals surface area contributed by atoms with Gasteiger partial charge in [-0.15, -0.1) is 0 Å². The quantitative estimate of drug-likeness (QED) is 0.773. The Morgan fingerprint density at radius 3 is 2.77 bits per heavy atom. The molecule has 1 rings (SSSR count). The molecular formula is C9H9FO3. The lowest BCUT2D eigenvalue weighted by Gasteiger charge is -2.02. The number of methoxy groups -OCH3 is 1. The molecule has 4 heteroatoms. The predicted octanol–water partition coefficient (Wildman–Crippen LogP) is 1.46. The largest absolute Gasteiger partial charge is 0.497 e. The van der Waals surface area contributed by atoms with Crippen LogP contribution in [0.15, 0.2) is 18.2 Å². The van der Waals surface area contributed by atoms with Gasteiger partial charge in [0.15, 0.2) is 0 Å². The van der Waals surface area contributed by atoms with Gasteiger partial charge in [-0.1, -0.05) is 6.07 Å². The fourth-order valence-corrected chi connectivity index (χ4v) is 0.961. The van der Waals surface area contributed by atoms with Gasteiger partial charge in [-0.25, -0.2) is 4.39 Å². The molecule has 0 heterocycles. The first-order valence-corrected chi connectivity index (χ1v) is 3.67. The summed E-state index contributed by atoms with van der Waals surface area (Å²) in [6, 6.07) is 4.10. The smallest absolute Gasteiger partial charge is 0.307 e. The Morgan fingerprint density at radius 2 is 2.31 bits per heavy atom. The van der Waals surface area contributed by atoms with Crippen LogP contribution in [0.25, 0.3) is 0 Å². The minimum atomic E-state index is -1.05. The fourth-order valence-electron chi connectivity index (χ4n) is 0.961. The van der Waals surface area contributed by atoms with E-state index in [-0.39, 0.29) is 12.0 Å². The summed E-state index contributed by atoms with van der Waals surface area (Å²) in [4.78, 5) is 10.3. The van der Waals surface area contributed by atoms with Gasteiger partial charge in [0.25, 0.3) is 0 Å². The molecule has 3 nitrogen and oxygen atoms in total. The van der Waals surface area contributed by atoms with Gasteiger partial charge in [-0.2, -0.15) is 0 Å². The van der Waals surface area contributed by atoms with E-state index < -0.39 is 11.8 Å². The topological polar surface area (TPSA) is 46.5 Å². The minimum Gasteiger partial charge on any atom is -0.497 e. The highest BCUT2D eigenvalue weighted by molar-refractivity contribution is 5.70. The number of halogens is 1. The molecule has 0 aliphatic rings. The maximum Gasteiger partial charge on any atom is 0.307 e. The van der Waals surface area contributed by atoms with Crippen LogP contribution in [0.1, 0.15) is 5.56 Å². The van der Waals surface area contributed by atoms with Crippen molar-refractivity contribution in [3.05, 3.63) is 29.6 Å². The summed E-state index contributed by atoms with van der Waals surface area (Å²) < 4.78 is 17.8. The van der Waals surface area contributed by atoms with Crippen molar-refractivity contribution < 1.29 is 19.0 Å². The van der Waals surface area contributed by atoms with Gasteiger partial charge in [-0.3, -0.25) is 4.79 Å². The second-order valence-electron chi connectivity index (χ2n) is 2.53. The van der Waals surface area contributed by atoms with Gasteiger partial charge in [0.05, 0.1) is 13.5 Å². The average Bonchev–Trinajstić information content (AvgIpc) is 2.08. The first-order valence-electron chi connectivity index (χ1n) is 3.67. The maximum absolute atomic E-state index is 13.1. The van der Waals surface area contributed by atoms with E-state index in [1.165, 1.54) is 19.2 Å². The lowest BCUT2D eigenvalue weighted by Crippen LogP contribution is -2.02. The Hall–Kier alpha value is -1.58. The van der Waals surface area contributed by atoms with E-state index in [0.717, 1.165) is 6.07 Å². The number of ether oxygens (including phenoxy) is 1. The highest BCUT2D eigenvalue weighted by atomic mass is 19.1. The van der Waals surface area contributed by atoms with Gasteiger partial charge < -0.3 is 9.84 Å². The summed E-state index contributed by atoms with van der Waals surface area (Å²) >= 11 is 0. The molecule has 0 bridgehead atoms. The monoisotopic (exact) mass is 184 g/mol. The standard InChI is InChI=1S/C9H9FO3/c1-13-7-3-2-6(4-9(11)12)8(10)5-7/h2-3,5H,4H2,1H3,(H,11,12). The summed E-state index contributed by atoms with van der Waals surface area (Å²) in [6.45, 7) is 0. The lowest BCUT2D eigenvalue weighted by atomic mass is 10.1. The van der Waals surface area contributed by atoms with Crippen molar-refractivity contribution in [1.29, 1.82) is 0 Å². The molecule has 0 aliphatic carbocycles. The molecule has 70 valence electrons. The van der Waals surface area contributed by atoms with Crippen LogP contribution in [0.2, 0.25) is 0 Å². The van der Waals surface area contributed by atoms with E-state index in [1.807, 2.05) is 0 Å². The lowest BCUT2D eigenvalue weighted by molar-refractivity contribution is -0.136. The fraction of sp³-hybridized carbons (Fsp3) is 0.222. The Balaban J connectivity index is 2.91. The predicted molar refractivity (Wildman–Crippen MR) is 44.3 cm³/mol. The number of carbonyl (C=O) groups is 1. The summed E-state index contributed by atoms with van der Waals surface area (Å²) in [7, 11) is 1.42. The van der Waals surface area contributed by atoms with Gasteiger partial charge in [0.1, 0.15) is 11.6 Å². The van der Waals surface area contributed by atoms with Crippen LogP contribution >= 0.6 is 0 Å². The second kappa shape index (κ2) is 3.89. The van der Waals surface area contributed by atoms with Crippen molar-refractivity contribution in [2.45, 2.75) is 6.42 Å². The van der Waals surface area contributed by atoms with Crippen molar-refractivity contribution in [3.8, 4) is 5.75 Å². The molecule has 13 heavy (non-hydrogen) atoms. The molecule has 1 N–H and O–H groups in total. The van der Waals surface area contributed by atoms with E-state index in [0.29, 0.717) is 5.75 Å². The van der Waals surface area contributed by atoms with Gasteiger partial charge in [-0.05, 0) is 11.6 Å². The van der Waals surface area contributed by atoms with Crippen LogP contribution in [0.5, 0.6) is 5.75 Å². The number of hydrogen-bond acceptors (Lipinski definition) is 2. The van der Waals surface area contributed by atoms with Crippen molar-refractivity contribution in [3.63, 3.8) is 0 Å². The van der Waals surface area contributed by atoms with Crippen LogP contribution in [0.4, 0.5) is 4.39 Å². The third kappa shape index (κ3) is 2.43. The van der Waals surface area contributed by atoms with E-state index in [2.05, 4.69) is 0 Å². The van der Waals surface area contributed by atoms with Crippen molar-refractivity contribution >= 4 is 5.97 Å². The van der Waals surface area contributed by atoms with Crippen LogP contribution in [0, 0.1) is 5.82 Å². The summed E-state index contributed by atoms with van der Waals surface area (Å²) in [5.41, 5.74) is 0.160. The van der Waals surface area contributed by atoms with Crippen LogP contribution < -0.4 is 4.74 Å². The third-order valence-corrected chi connectivity index (χ3v) is 1.60. The number of carboxylic acid groups (broad SMARTS) is 1. The van der Waals surface area contributed by atoms with Crippen molar-refractivity contribution in [2.24, 2.45) is 0 Å². The molecule has 0 aromatic heterocycles. The summed E-state index contributed by atoms with van der Waals surface area (Å²) in [6.07, 6.45) is -0.310. The Labute approximate surface area is 74.8 Å². The van der Waals surface area contributed by atoms with Crippen molar-refractivity contribution in [2.75, 3.05) is 7.11 Å². The Bertz CT molecular complexity index is 323. The molecule has 0 atom stereocenters. The molecule has 0 radical (unpaired) electrons. The van der Waals surface area contributed by atoms with Crippen molar-refractivity contribution in [1.82, 2.24) is 0 Å².